The third-order valence-electron chi connectivity index (χ3n) is 8.74. The molecule has 0 aliphatic carbocycles. The van der Waals surface area contributed by atoms with Crippen LogP contribution in [0.2, 0.25) is 0 Å². The van der Waals surface area contributed by atoms with Crippen molar-refractivity contribution in [2.24, 2.45) is 0 Å². The van der Waals surface area contributed by atoms with Gasteiger partial charge in [-0.05, 0) is 76.8 Å². The van der Waals surface area contributed by atoms with Gasteiger partial charge >= 0.3 is 0 Å². The molecule has 0 radical (unpaired) electrons. The van der Waals surface area contributed by atoms with E-state index in [-0.39, 0.29) is 5.92 Å². The standard InChI is InChI=1S/C37H30N2O2/c1-39-19-18-37(40-24-39)33-23-30(21-28-14-8-9-15-31(28)33)41-36-32(35(37)26-12-6-3-7-13-26)22-29-20-27(16-17-34(29)38-36)25-10-4-2-5-11-25/h2-17,20-23,35H,18-19,24H2,1H3/t35-,37-/m1/s1. The first kappa shape index (κ1) is 24.3. The zero-order valence-corrected chi connectivity index (χ0v) is 23.0. The molecule has 4 heteroatoms. The topological polar surface area (TPSA) is 34.6 Å². The van der Waals surface area contributed by atoms with Crippen molar-refractivity contribution in [3.63, 3.8) is 0 Å². The van der Waals surface area contributed by atoms with Gasteiger partial charge in [0.2, 0.25) is 5.88 Å². The first-order valence-corrected chi connectivity index (χ1v) is 14.3. The third-order valence-corrected chi connectivity index (χ3v) is 8.74. The summed E-state index contributed by atoms with van der Waals surface area (Å²) < 4.78 is 13.8. The summed E-state index contributed by atoms with van der Waals surface area (Å²) in [5.41, 5.74) is 6.09. The van der Waals surface area contributed by atoms with Gasteiger partial charge in [0, 0.05) is 23.4 Å². The first-order chi connectivity index (χ1) is 20.2. The largest absolute Gasteiger partial charge is 0.439 e. The van der Waals surface area contributed by atoms with Crippen LogP contribution in [0.1, 0.15) is 29.0 Å². The van der Waals surface area contributed by atoms with E-state index in [0.717, 1.165) is 40.6 Å². The van der Waals surface area contributed by atoms with E-state index in [0.29, 0.717) is 12.6 Å². The Bertz CT molecular complexity index is 1890. The SMILES string of the molecule is CN1CC[C@@]2(OC1)c1cc(cc3ccccc13)Oc1nc3ccc(-c4ccccc4)cc3cc1[C@H]2c1ccccc1. The predicted octanol–water partition coefficient (Wildman–Crippen LogP) is 8.50. The molecule has 1 aromatic heterocycles. The minimum Gasteiger partial charge on any atom is -0.439 e. The highest BCUT2D eigenvalue weighted by Crippen LogP contribution is 2.54. The van der Waals surface area contributed by atoms with Crippen molar-refractivity contribution in [1.29, 1.82) is 0 Å². The lowest BCUT2D eigenvalue weighted by molar-refractivity contribution is -0.145. The molecule has 2 atom stereocenters. The number of fused-ring (bicyclic) bond motifs is 7. The zero-order valence-electron chi connectivity index (χ0n) is 23.0. The Morgan fingerprint density at radius 3 is 2.34 bits per heavy atom. The number of ether oxygens (including phenoxy) is 2. The Balaban J connectivity index is 1.44. The van der Waals surface area contributed by atoms with Gasteiger partial charge in [-0.25, -0.2) is 4.98 Å². The molecule has 41 heavy (non-hydrogen) atoms. The summed E-state index contributed by atoms with van der Waals surface area (Å²) in [6, 6.07) is 42.9. The van der Waals surface area contributed by atoms with Crippen molar-refractivity contribution in [3.05, 3.63) is 138 Å². The fourth-order valence-electron chi connectivity index (χ4n) is 6.74. The lowest BCUT2D eigenvalue weighted by Gasteiger charge is -2.47. The Morgan fingerprint density at radius 2 is 1.54 bits per heavy atom. The molecule has 8 rings (SSSR count). The Labute approximate surface area is 239 Å². The maximum atomic E-state index is 7.07. The summed E-state index contributed by atoms with van der Waals surface area (Å²) in [7, 11) is 2.12. The summed E-state index contributed by atoms with van der Waals surface area (Å²) in [6.07, 6.45) is 0.845. The normalized spacial score (nSPS) is 20.4. The highest BCUT2D eigenvalue weighted by atomic mass is 16.5. The summed E-state index contributed by atoms with van der Waals surface area (Å²) in [5.74, 6) is 1.31. The molecule has 0 N–H and O–H groups in total. The summed E-state index contributed by atoms with van der Waals surface area (Å²) in [6.45, 7) is 1.48. The van der Waals surface area contributed by atoms with Crippen molar-refractivity contribution < 1.29 is 9.47 Å². The van der Waals surface area contributed by atoms with E-state index in [1.54, 1.807) is 0 Å². The minimum atomic E-state index is -0.603. The number of benzene rings is 5. The molecule has 1 spiro atoms. The molecule has 5 aromatic carbocycles. The monoisotopic (exact) mass is 534 g/mol. The Kier molecular flexibility index (Phi) is 5.66. The van der Waals surface area contributed by atoms with Gasteiger partial charge < -0.3 is 9.47 Å². The Morgan fingerprint density at radius 1 is 0.756 bits per heavy atom. The molecule has 1 fully saturated rings. The van der Waals surface area contributed by atoms with Crippen LogP contribution in [0.4, 0.5) is 0 Å². The number of hydrogen-bond donors (Lipinski definition) is 0. The van der Waals surface area contributed by atoms with Gasteiger partial charge in [0.15, 0.2) is 0 Å². The van der Waals surface area contributed by atoms with Crippen LogP contribution in [0.15, 0.2) is 121 Å². The van der Waals surface area contributed by atoms with Gasteiger partial charge in [-0.3, -0.25) is 4.90 Å². The van der Waals surface area contributed by atoms with Crippen molar-refractivity contribution >= 4 is 21.7 Å². The molecule has 2 aliphatic heterocycles. The van der Waals surface area contributed by atoms with E-state index in [4.69, 9.17) is 14.5 Å². The molecule has 0 unspecified atom stereocenters. The summed E-state index contributed by atoms with van der Waals surface area (Å²) >= 11 is 0. The van der Waals surface area contributed by atoms with E-state index in [1.165, 1.54) is 27.6 Å². The third kappa shape index (κ3) is 4.02. The fourth-order valence-corrected chi connectivity index (χ4v) is 6.74. The van der Waals surface area contributed by atoms with Crippen LogP contribution >= 0.6 is 0 Å². The van der Waals surface area contributed by atoms with E-state index in [2.05, 4.69) is 133 Å². The predicted molar refractivity (Wildman–Crippen MR) is 164 cm³/mol. The van der Waals surface area contributed by atoms with Gasteiger partial charge in [0.1, 0.15) is 18.1 Å². The van der Waals surface area contributed by atoms with E-state index in [9.17, 15) is 0 Å². The quantitative estimate of drug-likeness (QED) is 0.223. The van der Waals surface area contributed by atoms with Crippen molar-refractivity contribution in [1.82, 2.24) is 9.88 Å². The van der Waals surface area contributed by atoms with E-state index < -0.39 is 5.60 Å². The molecule has 2 aliphatic rings. The second-order valence-electron chi connectivity index (χ2n) is 11.3. The van der Waals surface area contributed by atoms with Crippen LogP contribution in [0.25, 0.3) is 32.8 Å². The second-order valence-corrected chi connectivity index (χ2v) is 11.3. The average molecular weight is 535 g/mol. The number of aromatic nitrogens is 1. The zero-order chi connectivity index (χ0) is 27.4. The summed E-state index contributed by atoms with van der Waals surface area (Å²) in [5, 5.41) is 3.44. The second kappa shape index (κ2) is 9.55. The fraction of sp³-hybridized carbons (Fsp3) is 0.162. The molecule has 0 saturated carbocycles. The maximum Gasteiger partial charge on any atom is 0.223 e. The summed E-state index contributed by atoms with van der Waals surface area (Å²) in [4.78, 5) is 7.42. The number of pyridine rings is 1. The minimum absolute atomic E-state index is 0.122. The van der Waals surface area contributed by atoms with E-state index in [1.807, 2.05) is 0 Å². The van der Waals surface area contributed by atoms with Crippen LogP contribution in [0.5, 0.6) is 11.6 Å². The van der Waals surface area contributed by atoms with Crippen molar-refractivity contribution in [3.8, 4) is 22.8 Å². The molecular weight excluding hydrogens is 504 g/mol. The van der Waals surface area contributed by atoms with Gasteiger partial charge in [-0.1, -0.05) is 91.0 Å². The van der Waals surface area contributed by atoms with E-state index >= 15 is 0 Å². The van der Waals surface area contributed by atoms with Gasteiger partial charge in [-0.15, -0.1) is 0 Å². The van der Waals surface area contributed by atoms with Crippen LogP contribution in [-0.4, -0.2) is 30.2 Å². The smallest absolute Gasteiger partial charge is 0.223 e. The molecule has 3 heterocycles. The molecule has 200 valence electrons. The highest BCUT2D eigenvalue weighted by molar-refractivity contribution is 5.90. The molecule has 1 saturated heterocycles. The number of nitrogens with zero attached hydrogens (tertiary/aromatic N) is 2. The van der Waals surface area contributed by atoms with Gasteiger partial charge in [0.25, 0.3) is 0 Å². The number of rotatable bonds is 2. The number of hydrogen-bond acceptors (Lipinski definition) is 4. The van der Waals surface area contributed by atoms with Crippen LogP contribution in [-0.2, 0) is 10.3 Å². The lowest BCUT2D eigenvalue weighted by Crippen LogP contribution is -2.47. The lowest BCUT2D eigenvalue weighted by atomic mass is 9.69. The van der Waals surface area contributed by atoms with Crippen molar-refractivity contribution in [2.75, 3.05) is 20.3 Å². The molecule has 6 aromatic rings. The van der Waals surface area contributed by atoms with Gasteiger partial charge in [-0.2, -0.15) is 0 Å². The average Bonchev–Trinajstić information content (AvgIpc) is 3.02. The Hall–Kier alpha value is -4.51. The van der Waals surface area contributed by atoms with Crippen LogP contribution < -0.4 is 4.74 Å². The van der Waals surface area contributed by atoms with Crippen LogP contribution in [0, 0.1) is 0 Å². The van der Waals surface area contributed by atoms with Crippen LogP contribution in [0.3, 0.4) is 0 Å². The molecular formula is C37H30N2O2. The molecule has 2 bridgehead atoms. The van der Waals surface area contributed by atoms with Crippen molar-refractivity contribution in [2.45, 2.75) is 17.9 Å². The molecule has 0 amide bonds. The molecule has 4 nitrogen and oxygen atoms in total. The first-order valence-electron chi connectivity index (χ1n) is 14.3. The van der Waals surface area contributed by atoms with Gasteiger partial charge in [0.05, 0.1) is 5.52 Å². The maximum absolute atomic E-state index is 7.07. The highest BCUT2D eigenvalue weighted by Gasteiger charge is 2.48.